The molecular weight excluding hydrogens is 687 g/mol. The van der Waals surface area contributed by atoms with Crippen molar-refractivity contribution in [3.63, 3.8) is 0 Å². The standard InChI is InChI=1S/C35H21N4O.Pt/c40-34-20-23-9-2-1-8-22(23)18-28(34)31-14-7-13-29(36-31)25-16-17-27-26-11-4-6-15-32(26)39(33(27)19-25)35-21-24-10-3-5-12-30(24)37-38-35;/h1-18,20-21,40H;/q-1;. The summed E-state index contributed by atoms with van der Waals surface area (Å²) in [5.74, 6) is 0.943. The quantitative estimate of drug-likeness (QED) is 0.189. The Morgan fingerprint density at radius 2 is 1.34 bits per heavy atom. The summed E-state index contributed by atoms with van der Waals surface area (Å²) < 4.78 is 2.12. The molecule has 0 saturated carbocycles. The molecule has 0 aliphatic heterocycles. The van der Waals surface area contributed by atoms with Crippen LogP contribution in [0.1, 0.15) is 0 Å². The second kappa shape index (κ2) is 9.95. The Labute approximate surface area is 250 Å². The van der Waals surface area contributed by atoms with E-state index in [4.69, 9.17) is 4.98 Å². The summed E-state index contributed by atoms with van der Waals surface area (Å²) in [6.07, 6.45) is 0. The zero-order chi connectivity index (χ0) is 26.6. The van der Waals surface area contributed by atoms with Gasteiger partial charge in [0.2, 0.25) is 0 Å². The first kappa shape index (κ1) is 25.1. The van der Waals surface area contributed by atoms with Gasteiger partial charge in [0.1, 0.15) is 5.75 Å². The Balaban J connectivity index is 0.00000276. The van der Waals surface area contributed by atoms with E-state index in [2.05, 4.69) is 51.2 Å². The van der Waals surface area contributed by atoms with Crippen LogP contribution in [0.3, 0.4) is 0 Å². The third kappa shape index (κ3) is 4.17. The molecule has 0 atom stereocenters. The first-order valence-corrected chi connectivity index (χ1v) is 13.1. The number of phenolic OH excluding ortho intramolecular Hbond substituents is 1. The molecule has 0 saturated heterocycles. The molecule has 8 rings (SSSR count). The van der Waals surface area contributed by atoms with E-state index in [0.29, 0.717) is 11.3 Å². The summed E-state index contributed by atoms with van der Waals surface area (Å²) in [4.78, 5) is 4.96. The minimum Gasteiger partial charge on any atom is -0.507 e. The van der Waals surface area contributed by atoms with E-state index in [1.165, 1.54) is 0 Å². The zero-order valence-corrected chi connectivity index (χ0v) is 23.9. The van der Waals surface area contributed by atoms with Crippen LogP contribution in [0.5, 0.6) is 5.75 Å². The molecule has 6 heteroatoms. The van der Waals surface area contributed by atoms with Crippen LogP contribution >= 0.6 is 0 Å². The van der Waals surface area contributed by atoms with Gasteiger partial charge in [0.25, 0.3) is 0 Å². The maximum atomic E-state index is 10.8. The fourth-order valence-corrected chi connectivity index (χ4v) is 5.53. The van der Waals surface area contributed by atoms with E-state index in [9.17, 15) is 5.11 Å². The SMILES string of the molecule is Oc1cc2ccccc2cc1-c1cccc(-c2[c-]c3c(cc2)c2ccccc2n3-c2cc3ccccc3nn2)n1.[Pt]. The van der Waals surface area contributed by atoms with Crippen molar-refractivity contribution in [2.75, 3.05) is 0 Å². The van der Waals surface area contributed by atoms with Gasteiger partial charge in [0.05, 0.1) is 11.2 Å². The average Bonchev–Trinajstić information content (AvgIpc) is 3.34. The molecule has 0 spiro atoms. The summed E-state index contributed by atoms with van der Waals surface area (Å²) in [5, 5.41) is 25.2. The van der Waals surface area contributed by atoms with Crippen LogP contribution < -0.4 is 0 Å². The van der Waals surface area contributed by atoms with Gasteiger partial charge in [-0.25, -0.2) is 0 Å². The molecule has 0 radical (unpaired) electrons. The molecule has 3 aromatic heterocycles. The number of rotatable bonds is 3. The summed E-state index contributed by atoms with van der Waals surface area (Å²) in [6, 6.07) is 43.8. The number of hydrogen-bond donors (Lipinski definition) is 1. The van der Waals surface area contributed by atoms with Crippen LogP contribution in [-0.4, -0.2) is 24.9 Å². The number of aromatic hydroxyl groups is 1. The number of phenols is 1. The van der Waals surface area contributed by atoms with Gasteiger partial charge >= 0.3 is 0 Å². The summed E-state index contributed by atoms with van der Waals surface area (Å²) >= 11 is 0. The van der Waals surface area contributed by atoms with Gasteiger partial charge < -0.3 is 9.67 Å². The second-order valence-corrected chi connectivity index (χ2v) is 9.87. The molecule has 3 heterocycles. The fraction of sp³-hybridized carbons (Fsp3) is 0. The van der Waals surface area contributed by atoms with Crippen molar-refractivity contribution in [2.24, 2.45) is 0 Å². The summed E-state index contributed by atoms with van der Waals surface area (Å²) in [5.41, 5.74) is 5.83. The van der Waals surface area contributed by atoms with Crippen LogP contribution in [0.2, 0.25) is 0 Å². The van der Waals surface area contributed by atoms with Crippen LogP contribution in [0.4, 0.5) is 0 Å². The maximum Gasteiger partial charge on any atom is 0.159 e. The Morgan fingerprint density at radius 3 is 2.22 bits per heavy atom. The molecule has 41 heavy (non-hydrogen) atoms. The van der Waals surface area contributed by atoms with Crippen molar-refractivity contribution in [1.29, 1.82) is 0 Å². The van der Waals surface area contributed by atoms with Gasteiger partial charge in [-0.1, -0.05) is 78.2 Å². The van der Waals surface area contributed by atoms with Crippen molar-refractivity contribution < 1.29 is 26.2 Å². The normalized spacial score (nSPS) is 11.3. The molecule has 0 fully saturated rings. The largest absolute Gasteiger partial charge is 0.507 e. The third-order valence-corrected chi connectivity index (χ3v) is 7.46. The molecule has 5 nitrogen and oxygen atoms in total. The molecule has 5 aromatic carbocycles. The van der Waals surface area contributed by atoms with E-state index in [0.717, 1.165) is 60.6 Å². The molecule has 0 aliphatic carbocycles. The number of pyridine rings is 1. The van der Waals surface area contributed by atoms with Crippen molar-refractivity contribution in [3.05, 3.63) is 127 Å². The molecule has 0 bridgehead atoms. The van der Waals surface area contributed by atoms with Crippen LogP contribution in [0.15, 0.2) is 121 Å². The molecule has 0 aliphatic rings. The number of benzene rings is 5. The van der Waals surface area contributed by atoms with Crippen LogP contribution in [0.25, 0.3) is 71.8 Å². The first-order chi connectivity index (χ1) is 19.7. The van der Waals surface area contributed by atoms with Gasteiger partial charge in [-0.2, -0.15) is 0 Å². The summed E-state index contributed by atoms with van der Waals surface area (Å²) in [7, 11) is 0. The molecule has 198 valence electrons. The van der Waals surface area contributed by atoms with Crippen molar-refractivity contribution in [3.8, 4) is 34.1 Å². The van der Waals surface area contributed by atoms with E-state index >= 15 is 0 Å². The number of hydrogen-bond acceptors (Lipinski definition) is 4. The number of fused-ring (bicyclic) bond motifs is 5. The second-order valence-electron chi connectivity index (χ2n) is 9.87. The van der Waals surface area contributed by atoms with E-state index < -0.39 is 0 Å². The first-order valence-electron chi connectivity index (χ1n) is 13.1. The topological polar surface area (TPSA) is 63.8 Å². The van der Waals surface area contributed by atoms with Crippen LogP contribution in [-0.2, 0) is 21.1 Å². The smallest absolute Gasteiger partial charge is 0.159 e. The zero-order valence-electron chi connectivity index (χ0n) is 21.6. The predicted molar refractivity (Wildman–Crippen MR) is 161 cm³/mol. The number of nitrogens with zero attached hydrogens (tertiary/aromatic N) is 4. The van der Waals surface area contributed by atoms with Gasteiger partial charge in [-0.15, -0.1) is 34.0 Å². The van der Waals surface area contributed by atoms with Gasteiger partial charge in [0, 0.05) is 37.5 Å². The molecule has 0 amide bonds. The van der Waals surface area contributed by atoms with Gasteiger partial charge in [-0.3, -0.25) is 4.98 Å². The summed E-state index contributed by atoms with van der Waals surface area (Å²) in [6.45, 7) is 0. The van der Waals surface area contributed by atoms with Gasteiger partial charge in [-0.05, 0) is 63.8 Å². The Kier molecular flexibility index (Phi) is 6.10. The molecule has 0 unspecified atom stereocenters. The molecular formula is C35H21N4OPt-. The molecule has 1 N–H and O–H groups in total. The minimum absolute atomic E-state index is 0. The number of para-hydroxylation sites is 1. The van der Waals surface area contributed by atoms with Crippen LogP contribution in [0, 0.1) is 6.07 Å². The Bertz CT molecular complexity index is 2260. The van der Waals surface area contributed by atoms with E-state index in [1.54, 1.807) is 6.07 Å². The van der Waals surface area contributed by atoms with E-state index in [1.807, 2.05) is 84.9 Å². The van der Waals surface area contributed by atoms with E-state index in [-0.39, 0.29) is 26.8 Å². The maximum absolute atomic E-state index is 10.8. The van der Waals surface area contributed by atoms with Gasteiger partial charge in [0.15, 0.2) is 5.82 Å². The Hall–Kier alpha value is -4.86. The Morgan fingerprint density at radius 1 is 0.610 bits per heavy atom. The van der Waals surface area contributed by atoms with Crippen molar-refractivity contribution in [1.82, 2.24) is 19.7 Å². The molecule has 8 aromatic rings. The monoisotopic (exact) mass is 708 g/mol. The van der Waals surface area contributed by atoms with Crippen molar-refractivity contribution >= 4 is 43.5 Å². The van der Waals surface area contributed by atoms with Crippen molar-refractivity contribution in [2.45, 2.75) is 0 Å². The predicted octanol–water partition coefficient (Wildman–Crippen LogP) is 8.11. The minimum atomic E-state index is 0. The number of aromatic nitrogens is 4. The average molecular weight is 709 g/mol. The third-order valence-electron chi connectivity index (χ3n) is 7.46. The fourth-order valence-electron chi connectivity index (χ4n) is 5.53.